The van der Waals surface area contributed by atoms with Crippen molar-refractivity contribution >= 4 is 29.2 Å². The fraction of sp³-hybridized carbons (Fsp3) is 0.820. The Morgan fingerprint density at radius 3 is 2.22 bits per heavy atom. The average molecular weight is 904 g/mol. The topological polar surface area (TPSA) is 195 Å². The van der Waals surface area contributed by atoms with Crippen molar-refractivity contribution in [3.63, 3.8) is 0 Å². The van der Waals surface area contributed by atoms with Crippen molar-refractivity contribution in [2.45, 2.75) is 199 Å². The van der Waals surface area contributed by atoms with Crippen LogP contribution < -0.4 is 0 Å². The van der Waals surface area contributed by atoms with Gasteiger partial charge in [-0.05, 0) is 120 Å². The van der Waals surface area contributed by atoms with Gasteiger partial charge in [0.15, 0.2) is 5.78 Å². The number of hydrogen-bond donors (Lipinski definition) is 3. The van der Waals surface area contributed by atoms with E-state index >= 15 is 0 Å². The van der Waals surface area contributed by atoms with Crippen molar-refractivity contribution in [3.8, 4) is 0 Å². The van der Waals surface area contributed by atoms with Crippen molar-refractivity contribution in [2.75, 3.05) is 27.9 Å². The Bertz CT molecular complexity index is 1610. The van der Waals surface area contributed by atoms with Crippen LogP contribution in [-0.4, -0.2) is 132 Å². The van der Waals surface area contributed by atoms with Gasteiger partial charge in [0.25, 0.3) is 11.7 Å². The third kappa shape index (κ3) is 14.1. The van der Waals surface area contributed by atoms with Crippen molar-refractivity contribution in [3.05, 3.63) is 23.8 Å². The Hall–Kier alpha value is -2.85. The van der Waals surface area contributed by atoms with Crippen LogP contribution in [-0.2, 0) is 47.7 Å². The number of methoxy groups -OCH3 is 3. The van der Waals surface area contributed by atoms with Crippen molar-refractivity contribution in [1.82, 2.24) is 4.90 Å². The predicted molar refractivity (Wildman–Crippen MR) is 241 cm³/mol. The molecule has 4 aliphatic rings. The quantitative estimate of drug-likeness (QED) is 0.154. The molecule has 64 heavy (non-hydrogen) atoms. The number of cyclic esters (lactones) is 1. The highest BCUT2D eigenvalue weighted by Crippen LogP contribution is 2.38. The lowest BCUT2D eigenvalue weighted by Gasteiger charge is -2.43. The van der Waals surface area contributed by atoms with Crippen LogP contribution in [0.2, 0.25) is 0 Å². The third-order valence-corrected chi connectivity index (χ3v) is 14.9. The number of piperidine rings is 1. The molecule has 2 saturated heterocycles. The van der Waals surface area contributed by atoms with Gasteiger partial charge in [0.2, 0.25) is 5.79 Å². The highest BCUT2D eigenvalue weighted by atomic mass is 16.6. The first-order chi connectivity index (χ1) is 30.4. The second kappa shape index (κ2) is 25.3. The van der Waals surface area contributed by atoms with Crippen LogP contribution in [0.4, 0.5) is 0 Å². The van der Waals surface area contributed by atoms with Gasteiger partial charge in [-0.15, -0.1) is 0 Å². The number of hydrogen-bond acceptors (Lipinski definition) is 13. The molecule has 0 aromatic carbocycles. The van der Waals surface area contributed by atoms with E-state index in [-0.39, 0.29) is 66.8 Å². The maximum absolute atomic E-state index is 14.4. The number of carbonyl (C=O) groups is 5. The Balaban J connectivity index is 1.66. The van der Waals surface area contributed by atoms with E-state index in [1.165, 1.54) is 12.0 Å². The van der Waals surface area contributed by atoms with Crippen LogP contribution in [0.1, 0.15) is 144 Å². The number of amides is 1. The van der Waals surface area contributed by atoms with E-state index in [0.717, 1.165) is 25.7 Å². The molecule has 4 rings (SSSR count). The minimum absolute atomic E-state index is 0.103. The summed E-state index contributed by atoms with van der Waals surface area (Å²) in [5.41, 5.74) is 0.403. The number of allylic oxidation sites excluding steroid dienone is 3. The molecule has 0 radical (unpaired) electrons. The SMILES string of the molecule is CO[C@H]1C[C@@H]2CC[C@@H](C)[C@@](O)(O2)C(=O)C(=O)N2CCCC[C@H]2C(=O)O[C@H]([C@H](C)C[C@H]2CC[C@@H](O)[C@H](OC)C2)CC(=O)[C@H](C)/C=C(/C)[C@@H](O)[C@@H](OC)C(=O)[C@H](C)CC/C=C/CCCC1C. The number of ketones is 3. The number of nitrogens with zero attached hydrogens (tertiary/aromatic N) is 1. The molecule has 15 atom stereocenters. The summed E-state index contributed by atoms with van der Waals surface area (Å²) in [6, 6.07) is -1.12. The first-order valence-electron chi connectivity index (χ1n) is 24.2. The van der Waals surface area contributed by atoms with E-state index in [0.29, 0.717) is 69.8 Å². The number of Topliss-reactive ketones (excluding diaryl/α,β-unsaturated/α-hetero) is 3. The molecule has 3 aliphatic heterocycles. The first kappa shape index (κ1) is 53.8. The zero-order chi connectivity index (χ0) is 47.3. The molecule has 1 saturated carbocycles. The summed E-state index contributed by atoms with van der Waals surface area (Å²) in [5.74, 6) is -7.58. The van der Waals surface area contributed by atoms with E-state index in [9.17, 15) is 39.3 Å². The Kier molecular flexibility index (Phi) is 21.3. The lowest BCUT2D eigenvalue weighted by Crippen LogP contribution is -2.61. The molecule has 0 spiro atoms. The summed E-state index contributed by atoms with van der Waals surface area (Å²) >= 11 is 0. The molecule has 1 unspecified atom stereocenters. The lowest BCUT2D eigenvalue weighted by molar-refractivity contribution is -0.267. The third-order valence-electron chi connectivity index (χ3n) is 14.9. The fourth-order valence-corrected chi connectivity index (χ4v) is 10.3. The van der Waals surface area contributed by atoms with Crippen molar-refractivity contribution in [1.29, 1.82) is 0 Å². The van der Waals surface area contributed by atoms with E-state index in [1.54, 1.807) is 41.1 Å². The van der Waals surface area contributed by atoms with E-state index in [4.69, 9.17) is 23.7 Å². The van der Waals surface area contributed by atoms with Gasteiger partial charge in [-0.3, -0.25) is 19.2 Å². The maximum atomic E-state index is 14.4. The highest BCUT2D eigenvalue weighted by molar-refractivity contribution is 6.39. The smallest absolute Gasteiger partial charge is 0.329 e. The zero-order valence-electron chi connectivity index (χ0n) is 40.2. The van der Waals surface area contributed by atoms with Gasteiger partial charge in [-0.1, -0.05) is 52.8 Å². The number of aliphatic hydroxyl groups excluding tert-OH is 2. The van der Waals surface area contributed by atoms with Crippen LogP contribution >= 0.6 is 0 Å². The van der Waals surface area contributed by atoms with Crippen LogP contribution in [0.3, 0.4) is 0 Å². The molecule has 0 aromatic heterocycles. The molecule has 0 aromatic rings. The summed E-state index contributed by atoms with van der Waals surface area (Å²) in [6.07, 6.45) is 9.76. The van der Waals surface area contributed by atoms with Crippen LogP contribution in [0, 0.1) is 35.5 Å². The molecule has 1 amide bonds. The minimum Gasteiger partial charge on any atom is -0.460 e. The molecular weight excluding hydrogens is 823 g/mol. The van der Waals surface area contributed by atoms with Crippen LogP contribution in [0.25, 0.3) is 0 Å². The largest absolute Gasteiger partial charge is 0.460 e. The number of aliphatic hydroxyl groups is 3. The number of rotatable bonds is 6. The van der Waals surface area contributed by atoms with Gasteiger partial charge in [-0.25, -0.2) is 4.79 Å². The first-order valence-corrected chi connectivity index (χ1v) is 24.2. The summed E-state index contributed by atoms with van der Waals surface area (Å²) < 4.78 is 29.5. The normalized spacial score (nSPS) is 39.9. The Labute approximate surface area is 382 Å². The molecule has 3 heterocycles. The summed E-state index contributed by atoms with van der Waals surface area (Å²) in [5, 5.41) is 33.8. The number of fused-ring (bicyclic) bond motifs is 3. The van der Waals surface area contributed by atoms with Gasteiger partial charge in [-0.2, -0.15) is 0 Å². The molecule has 2 bridgehead atoms. The summed E-state index contributed by atoms with van der Waals surface area (Å²) in [4.78, 5) is 71.6. The van der Waals surface area contributed by atoms with E-state index < -0.39 is 71.8 Å². The van der Waals surface area contributed by atoms with Crippen LogP contribution in [0.5, 0.6) is 0 Å². The number of ether oxygens (including phenoxy) is 5. The predicted octanol–water partition coefficient (Wildman–Crippen LogP) is 6.24. The molecule has 364 valence electrons. The Morgan fingerprint density at radius 1 is 0.828 bits per heavy atom. The van der Waals surface area contributed by atoms with E-state index in [1.807, 2.05) is 13.8 Å². The van der Waals surface area contributed by atoms with Crippen molar-refractivity contribution in [2.24, 2.45) is 35.5 Å². The molecule has 3 N–H and O–H groups in total. The molecule has 3 fully saturated rings. The minimum atomic E-state index is -2.39. The molecular formula is C50H81NO13. The molecule has 14 nitrogen and oxygen atoms in total. The Morgan fingerprint density at radius 2 is 1.53 bits per heavy atom. The second-order valence-corrected chi connectivity index (χ2v) is 19.7. The van der Waals surface area contributed by atoms with E-state index in [2.05, 4.69) is 19.1 Å². The standard InChI is InChI=1S/C50H81NO13/c1-30-17-13-11-10-12-14-18-31(2)44(54)46(62-9)45(55)34(5)25-32(3)40(53)29-42(33(4)26-36-21-23-39(52)43(27-36)61-8)63-49(58)38-19-15-16-24-51(38)48(57)47(56)50(59)35(6)20-22-37(64-50)28-41(30)60-7/h10,12,25,30-33,35-39,41-43,45-46,52,55,59H,11,13-24,26-29H2,1-9H3/b12-10+,34-25-/t30?,31-,32-,33-,35-,36-,37+,38+,39-,41+,42+,43-,45-,46+,50-/m1/s1. The summed E-state index contributed by atoms with van der Waals surface area (Å²) in [6.45, 7) is 11.0. The van der Waals surface area contributed by atoms with Gasteiger partial charge >= 0.3 is 5.97 Å². The molecule has 14 heteroatoms. The van der Waals surface area contributed by atoms with Gasteiger partial charge in [0, 0.05) is 58.5 Å². The lowest BCUT2D eigenvalue weighted by atomic mass is 9.78. The fourth-order valence-electron chi connectivity index (χ4n) is 10.3. The highest BCUT2D eigenvalue weighted by Gasteiger charge is 2.53. The monoisotopic (exact) mass is 904 g/mol. The second-order valence-electron chi connectivity index (χ2n) is 19.7. The number of carbonyl (C=O) groups excluding carboxylic acids is 5. The van der Waals surface area contributed by atoms with Gasteiger partial charge in [0.05, 0.1) is 24.4 Å². The average Bonchev–Trinajstić information content (AvgIpc) is 3.28. The van der Waals surface area contributed by atoms with Gasteiger partial charge < -0.3 is 43.9 Å². The summed E-state index contributed by atoms with van der Waals surface area (Å²) in [7, 11) is 4.60. The van der Waals surface area contributed by atoms with Crippen LogP contribution in [0.15, 0.2) is 23.8 Å². The van der Waals surface area contributed by atoms with Gasteiger partial charge in [0.1, 0.15) is 30.1 Å². The zero-order valence-corrected chi connectivity index (χ0v) is 40.2. The van der Waals surface area contributed by atoms with Crippen molar-refractivity contribution < 1.29 is 63.0 Å². The maximum Gasteiger partial charge on any atom is 0.329 e. The molecule has 1 aliphatic carbocycles. The number of esters is 1.